The number of amides is 2. The van der Waals surface area contributed by atoms with E-state index in [-0.39, 0.29) is 17.2 Å². The molecule has 0 unspecified atom stereocenters. The van der Waals surface area contributed by atoms with Crippen molar-refractivity contribution < 1.29 is 14.3 Å². The minimum Gasteiger partial charge on any atom is -0.497 e. The van der Waals surface area contributed by atoms with Crippen molar-refractivity contribution >= 4 is 23.6 Å². The molecule has 1 saturated heterocycles. The molecule has 0 aliphatic carbocycles. The molecule has 0 aromatic heterocycles. The van der Waals surface area contributed by atoms with Crippen molar-refractivity contribution in [2.75, 3.05) is 39.0 Å². The van der Waals surface area contributed by atoms with Crippen LogP contribution < -0.4 is 4.74 Å². The molecule has 1 aromatic rings. The Balaban J connectivity index is 1.72. The first-order chi connectivity index (χ1) is 11.8. The summed E-state index contributed by atoms with van der Waals surface area (Å²) in [5.41, 5.74) is -0.360. The molecular formula is C19H28N2O3S. The molecule has 25 heavy (non-hydrogen) atoms. The number of benzene rings is 1. The van der Waals surface area contributed by atoms with E-state index in [1.165, 1.54) is 0 Å². The fourth-order valence-corrected chi connectivity index (χ4v) is 3.56. The lowest BCUT2D eigenvalue weighted by molar-refractivity contribution is -0.144. The Morgan fingerprint density at radius 2 is 1.60 bits per heavy atom. The smallest absolute Gasteiger partial charge is 0.228 e. The highest BCUT2D eigenvalue weighted by Gasteiger charge is 2.30. The van der Waals surface area contributed by atoms with Gasteiger partial charge in [-0.25, -0.2) is 0 Å². The molecule has 1 aliphatic rings. The van der Waals surface area contributed by atoms with Gasteiger partial charge in [-0.15, -0.1) is 11.8 Å². The first-order valence-electron chi connectivity index (χ1n) is 8.65. The third-order valence-corrected chi connectivity index (χ3v) is 5.22. The summed E-state index contributed by atoms with van der Waals surface area (Å²) in [4.78, 5) is 29.5. The number of piperazine rings is 1. The summed E-state index contributed by atoms with van der Waals surface area (Å²) in [6, 6.07) is 7.86. The predicted molar refractivity (Wildman–Crippen MR) is 101 cm³/mol. The maximum atomic E-state index is 12.4. The van der Waals surface area contributed by atoms with Gasteiger partial charge in [-0.2, -0.15) is 0 Å². The van der Waals surface area contributed by atoms with Gasteiger partial charge in [0.2, 0.25) is 11.8 Å². The number of nitrogens with zero attached hydrogens (tertiary/aromatic N) is 2. The van der Waals surface area contributed by atoms with Gasteiger partial charge < -0.3 is 14.5 Å². The first-order valence-corrected chi connectivity index (χ1v) is 9.64. The molecule has 0 spiro atoms. The molecule has 1 aromatic carbocycles. The van der Waals surface area contributed by atoms with E-state index in [0.29, 0.717) is 32.6 Å². The van der Waals surface area contributed by atoms with Crippen molar-refractivity contribution in [2.45, 2.75) is 32.1 Å². The SMILES string of the molecule is COc1ccc(SCCC(=O)N2CCN(C(=O)C(C)(C)C)CC2)cc1. The molecular weight excluding hydrogens is 336 g/mol. The van der Waals surface area contributed by atoms with Crippen molar-refractivity contribution in [2.24, 2.45) is 5.41 Å². The summed E-state index contributed by atoms with van der Waals surface area (Å²) in [5, 5.41) is 0. The summed E-state index contributed by atoms with van der Waals surface area (Å²) in [6.07, 6.45) is 0.518. The molecule has 2 amide bonds. The van der Waals surface area contributed by atoms with Gasteiger partial charge in [0.1, 0.15) is 5.75 Å². The van der Waals surface area contributed by atoms with Crippen molar-refractivity contribution in [3.63, 3.8) is 0 Å². The maximum absolute atomic E-state index is 12.4. The minimum absolute atomic E-state index is 0.162. The molecule has 1 heterocycles. The molecule has 0 N–H and O–H groups in total. The Bertz CT molecular complexity index is 588. The minimum atomic E-state index is -0.360. The van der Waals surface area contributed by atoms with Crippen LogP contribution in [-0.4, -0.2) is 60.7 Å². The molecule has 138 valence electrons. The van der Waals surface area contributed by atoms with Crippen LogP contribution in [0.15, 0.2) is 29.2 Å². The van der Waals surface area contributed by atoms with Gasteiger partial charge in [-0.1, -0.05) is 20.8 Å². The second-order valence-corrected chi connectivity index (χ2v) is 8.37. The second-order valence-electron chi connectivity index (χ2n) is 7.20. The molecule has 1 aliphatic heterocycles. The Hall–Kier alpha value is -1.69. The molecule has 5 nitrogen and oxygen atoms in total. The zero-order valence-electron chi connectivity index (χ0n) is 15.6. The van der Waals surface area contributed by atoms with Gasteiger partial charge >= 0.3 is 0 Å². The Kier molecular flexibility index (Phi) is 6.76. The zero-order valence-corrected chi connectivity index (χ0v) is 16.4. The predicted octanol–water partition coefficient (Wildman–Crippen LogP) is 2.89. The third kappa shape index (κ3) is 5.66. The Morgan fingerprint density at radius 3 is 2.12 bits per heavy atom. The van der Waals surface area contributed by atoms with Gasteiger partial charge in [-0.05, 0) is 24.3 Å². The van der Waals surface area contributed by atoms with E-state index in [0.717, 1.165) is 16.4 Å². The lowest BCUT2D eigenvalue weighted by Gasteiger charge is -2.37. The highest BCUT2D eigenvalue weighted by Crippen LogP contribution is 2.22. The second kappa shape index (κ2) is 8.61. The lowest BCUT2D eigenvalue weighted by atomic mass is 9.94. The average molecular weight is 365 g/mol. The Morgan fingerprint density at radius 1 is 1.04 bits per heavy atom. The van der Waals surface area contributed by atoms with Crippen LogP contribution in [0.4, 0.5) is 0 Å². The number of thioether (sulfide) groups is 1. The van der Waals surface area contributed by atoms with Gasteiger partial charge in [-0.3, -0.25) is 9.59 Å². The van der Waals surface area contributed by atoms with Crippen molar-refractivity contribution in [3.05, 3.63) is 24.3 Å². The molecule has 0 bridgehead atoms. The number of rotatable bonds is 5. The number of carbonyl (C=O) groups is 2. The topological polar surface area (TPSA) is 49.9 Å². The van der Waals surface area contributed by atoms with Crippen LogP contribution in [0, 0.1) is 5.41 Å². The van der Waals surface area contributed by atoms with Crippen LogP contribution >= 0.6 is 11.8 Å². The van der Waals surface area contributed by atoms with E-state index < -0.39 is 0 Å². The van der Waals surface area contributed by atoms with Crippen LogP contribution in [0.1, 0.15) is 27.2 Å². The van der Waals surface area contributed by atoms with E-state index in [1.807, 2.05) is 54.8 Å². The maximum Gasteiger partial charge on any atom is 0.228 e. The van der Waals surface area contributed by atoms with Gasteiger partial charge in [0.05, 0.1) is 7.11 Å². The van der Waals surface area contributed by atoms with Gasteiger partial charge in [0.25, 0.3) is 0 Å². The highest BCUT2D eigenvalue weighted by atomic mass is 32.2. The molecule has 1 fully saturated rings. The number of hydrogen-bond acceptors (Lipinski definition) is 4. The molecule has 0 saturated carbocycles. The van der Waals surface area contributed by atoms with Crippen LogP contribution in [0.3, 0.4) is 0 Å². The van der Waals surface area contributed by atoms with E-state index >= 15 is 0 Å². The Labute approximate surface area is 154 Å². The van der Waals surface area contributed by atoms with Crippen LogP contribution in [0.5, 0.6) is 5.75 Å². The fraction of sp³-hybridized carbons (Fsp3) is 0.579. The highest BCUT2D eigenvalue weighted by molar-refractivity contribution is 7.99. The summed E-state index contributed by atoms with van der Waals surface area (Å²) in [5.74, 6) is 1.92. The van der Waals surface area contributed by atoms with Crippen molar-refractivity contribution in [1.29, 1.82) is 0 Å². The zero-order chi connectivity index (χ0) is 18.4. The van der Waals surface area contributed by atoms with E-state index in [9.17, 15) is 9.59 Å². The molecule has 0 atom stereocenters. The van der Waals surface area contributed by atoms with Crippen LogP contribution in [0.25, 0.3) is 0 Å². The average Bonchev–Trinajstić information content (AvgIpc) is 2.61. The normalized spacial score (nSPS) is 15.2. The van der Waals surface area contributed by atoms with E-state index in [1.54, 1.807) is 18.9 Å². The largest absolute Gasteiger partial charge is 0.497 e. The summed E-state index contributed by atoms with van der Waals surface area (Å²) in [6.45, 7) is 8.33. The standard InChI is InChI=1S/C19H28N2O3S/c1-19(2,3)18(23)21-12-10-20(11-13-21)17(22)9-14-25-16-7-5-15(24-4)6-8-16/h5-8H,9-14H2,1-4H3. The molecule has 6 heteroatoms. The van der Waals surface area contributed by atoms with Gasteiger partial charge in [0, 0.05) is 48.7 Å². The number of hydrogen-bond donors (Lipinski definition) is 0. The summed E-state index contributed by atoms with van der Waals surface area (Å²) < 4.78 is 5.14. The van der Waals surface area contributed by atoms with E-state index in [2.05, 4.69) is 0 Å². The van der Waals surface area contributed by atoms with Gasteiger partial charge in [0.15, 0.2) is 0 Å². The van der Waals surface area contributed by atoms with Crippen LogP contribution in [0.2, 0.25) is 0 Å². The molecule has 0 radical (unpaired) electrons. The summed E-state index contributed by atoms with van der Waals surface area (Å²) >= 11 is 1.67. The summed E-state index contributed by atoms with van der Waals surface area (Å²) in [7, 11) is 1.65. The quantitative estimate of drug-likeness (QED) is 0.754. The lowest BCUT2D eigenvalue weighted by Crippen LogP contribution is -2.53. The third-order valence-electron chi connectivity index (χ3n) is 4.21. The van der Waals surface area contributed by atoms with Crippen molar-refractivity contribution in [3.8, 4) is 5.75 Å². The van der Waals surface area contributed by atoms with Crippen molar-refractivity contribution in [1.82, 2.24) is 9.80 Å². The monoisotopic (exact) mass is 364 g/mol. The number of ether oxygens (including phenoxy) is 1. The first kappa shape index (κ1) is 19.6. The van der Waals surface area contributed by atoms with E-state index in [4.69, 9.17) is 4.74 Å². The number of methoxy groups -OCH3 is 1. The van der Waals surface area contributed by atoms with Crippen LogP contribution in [-0.2, 0) is 9.59 Å². The fourth-order valence-electron chi connectivity index (χ4n) is 2.72. The molecule has 2 rings (SSSR count). The number of carbonyl (C=O) groups excluding carboxylic acids is 2.